The van der Waals surface area contributed by atoms with Crippen LogP contribution in [0.5, 0.6) is 5.75 Å². The van der Waals surface area contributed by atoms with E-state index in [1.165, 1.54) is 0 Å². The molecule has 1 aliphatic heterocycles. The lowest BCUT2D eigenvalue weighted by atomic mass is 9.82. The lowest BCUT2D eigenvalue weighted by Gasteiger charge is -2.37. The van der Waals surface area contributed by atoms with Crippen molar-refractivity contribution in [3.63, 3.8) is 0 Å². The van der Waals surface area contributed by atoms with Crippen molar-refractivity contribution in [2.24, 2.45) is 5.41 Å². The van der Waals surface area contributed by atoms with E-state index < -0.39 is 11.4 Å². The van der Waals surface area contributed by atoms with Gasteiger partial charge in [0.15, 0.2) is 0 Å². The van der Waals surface area contributed by atoms with Crippen molar-refractivity contribution in [1.29, 1.82) is 0 Å². The fraction of sp³-hybridized carbons (Fsp3) is 0.529. The monoisotopic (exact) mass is 339 g/mol. The zero-order chi connectivity index (χ0) is 16.9. The summed E-state index contributed by atoms with van der Waals surface area (Å²) in [6.45, 7) is 3.02. The third-order valence-electron chi connectivity index (χ3n) is 4.19. The van der Waals surface area contributed by atoms with E-state index in [0.717, 1.165) is 6.42 Å². The number of halogens is 1. The lowest BCUT2D eigenvalue weighted by molar-refractivity contribution is -0.153. The van der Waals surface area contributed by atoms with Crippen LogP contribution in [0, 0.1) is 5.41 Å². The number of rotatable bonds is 6. The van der Waals surface area contributed by atoms with Crippen molar-refractivity contribution >= 4 is 23.5 Å². The number of hydrogen-bond donors (Lipinski definition) is 1. The van der Waals surface area contributed by atoms with Crippen LogP contribution in [0.4, 0.5) is 0 Å². The number of nitrogens with zero attached hydrogens (tertiary/aromatic N) is 1. The number of carbonyl (C=O) groups excluding carboxylic acids is 1. The largest absolute Gasteiger partial charge is 0.492 e. The fourth-order valence-corrected chi connectivity index (χ4v) is 2.94. The van der Waals surface area contributed by atoms with Crippen molar-refractivity contribution in [1.82, 2.24) is 4.90 Å². The number of para-hydroxylation sites is 1. The van der Waals surface area contributed by atoms with Crippen LogP contribution in [0.2, 0.25) is 5.02 Å². The Morgan fingerprint density at radius 2 is 2.13 bits per heavy atom. The van der Waals surface area contributed by atoms with Gasteiger partial charge < -0.3 is 14.7 Å². The van der Waals surface area contributed by atoms with Gasteiger partial charge in [0.05, 0.1) is 17.0 Å². The quantitative estimate of drug-likeness (QED) is 0.808. The van der Waals surface area contributed by atoms with Gasteiger partial charge in [0.2, 0.25) is 5.91 Å². The molecule has 0 bridgehead atoms. The van der Waals surface area contributed by atoms with Gasteiger partial charge in [0.1, 0.15) is 5.75 Å². The Morgan fingerprint density at radius 3 is 2.83 bits per heavy atom. The van der Waals surface area contributed by atoms with Crippen LogP contribution in [0.1, 0.15) is 32.6 Å². The summed E-state index contributed by atoms with van der Waals surface area (Å²) < 4.78 is 5.56. The molecule has 1 aromatic carbocycles. The summed E-state index contributed by atoms with van der Waals surface area (Å²) in [6, 6.07) is 7.21. The first-order chi connectivity index (χ1) is 10.9. The van der Waals surface area contributed by atoms with Gasteiger partial charge in [-0.3, -0.25) is 9.59 Å². The molecule has 0 aromatic heterocycles. The number of carboxylic acid groups (broad SMARTS) is 1. The van der Waals surface area contributed by atoms with Gasteiger partial charge in [0.25, 0.3) is 0 Å². The Labute approximate surface area is 141 Å². The van der Waals surface area contributed by atoms with Crippen molar-refractivity contribution in [3.8, 4) is 5.75 Å². The molecule has 0 saturated carbocycles. The molecule has 1 N–H and O–H groups in total. The van der Waals surface area contributed by atoms with Crippen LogP contribution in [-0.4, -0.2) is 41.6 Å². The standard InChI is InChI=1S/C17H22ClNO4/c1-17(16(21)22)9-5-10-19(12-17)15(20)8-4-11-23-14-7-3-2-6-13(14)18/h2-3,6-7H,4-5,8-12H2,1H3,(H,21,22). The van der Waals surface area contributed by atoms with E-state index in [1.54, 1.807) is 24.0 Å². The van der Waals surface area contributed by atoms with Gasteiger partial charge >= 0.3 is 5.97 Å². The molecule has 1 aliphatic rings. The SMILES string of the molecule is CC1(C(=O)O)CCCN(C(=O)CCCOc2ccccc2Cl)C1. The maximum Gasteiger partial charge on any atom is 0.311 e. The highest BCUT2D eigenvalue weighted by Crippen LogP contribution is 2.30. The van der Waals surface area contributed by atoms with Crippen LogP contribution < -0.4 is 4.74 Å². The number of amides is 1. The number of piperidine rings is 1. The Kier molecular flexibility index (Phi) is 5.88. The second-order valence-corrected chi connectivity index (χ2v) is 6.57. The number of benzene rings is 1. The molecule has 0 aliphatic carbocycles. The number of likely N-dealkylation sites (tertiary alicyclic amines) is 1. The minimum atomic E-state index is -0.836. The molecule has 23 heavy (non-hydrogen) atoms. The lowest BCUT2D eigenvalue weighted by Crippen LogP contribution is -2.48. The van der Waals surface area contributed by atoms with Crippen LogP contribution in [-0.2, 0) is 9.59 Å². The number of hydrogen-bond acceptors (Lipinski definition) is 3. The summed E-state index contributed by atoms with van der Waals surface area (Å²) in [5.41, 5.74) is -0.831. The third kappa shape index (κ3) is 4.61. The van der Waals surface area contributed by atoms with E-state index in [9.17, 15) is 14.7 Å². The Bertz CT molecular complexity index is 577. The molecule has 1 heterocycles. The molecule has 2 rings (SSSR count). The molecule has 1 atom stereocenters. The Balaban J connectivity index is 1.77. The van der Waals surface area contributed by atoms with E-state index in [-0.39, 0.29) is 12.5 Å². The first-order valence-electron chi connectivity index (χ1n) is 7.81. The predicted octanol–water partition coefficient (Wildman–Crippen LogP) is 3.21. The highest BCUT2D eigenvalue weighted by molar-refractivity contribution is 6.32. The first kappa shape index (κ1) is 17.6. The van der Waals surface area contributed by atoms with Gasteiger partial charge in [-0.1, -0.05) is 23.7 Å². The molecule has 0 radical (unpaired) electrons. The van der Waals surface area contributed by atoms with Gasteiger partial charge in [-0.25, -0.2) is 0 Å². The summed E-state index contributed by atoms with van der Waals surface area (Å²) in [5, 5.41) is 9.84. The first-order valence-corrected chi connectivity index (χ1v) is 8.19. The van der Waals surface area contributed by atoms with Crippen LogP contribution in [0.25, 0.3) is 0 Å². The van der Waals surface area contributed by atoms with Crippen molar-refractivity contribution < 1.29 is 19.4 Å². The molecule has 126 valence electrons. The van der Waals surface area contributed by atoms with Crippen LogP contribution in [0.3, 0.4) is 0 Å². The summed E-state index contributed by atoms with van der Waals surface area (Å²) in [7, 11) is 0. The van der Waals surface area contributed by atoms with Gasteiger partial charge in [-0.2, -0.15) is 0 Å². The zero-order valence-corrected chi connectivity index (χ0v) is 14.0. The summed E-state index contributed by atoms with van der Waals surface area (Å²) in [4.78, 5) is 25.2. The highest BCUT2D eigenvalue weighted by atomic mass is 35.5. The molecule has 1 fully saturated rings. The molecule has 0 spiro atoms. The molecule has 6 heteroatoms. The fourth-order valence-electron chi connectivity index (χ4n) is 2.75. The summed E-state index contributed by atoms with van der Waals surface area (Å²) >= 11 is 5.99. The minimum absolute atomic E-state index is 0.0140. The number of carbonyl (C=O) groups is 2. The molecule has 1 unspecified atom stereocenters. The van der Waals surface area contributed by atoms with E-state index >= 15 is 0 Å². The van der Waals surface area contributed by atoms with Gasteiger partial charge in [-0.05, 0) is 38.3 Å². The zero-order valence-electron chi connectivity index (χ0n) is 13.3. The van der Waals surface area contributed by atoms with Crippen molar-refractivity contribution in [2.75, 3.05) is 19.7 Å². The molecule has 1 amide bonds. The van der Waals surface area contributed by atoms with E-state index in [4.69, 9.17) is 16.3 Å². The molecule has 1 saturated heterocycles. The second kappa shape index (κ2) is 7.68. The maximum absolute atomic E-state index is 12.2. The molecule has 5 nitrogen and oxygen atoms in total. The highest BCUT2D eigenvalue weighted by Gasteiger charge is 2.39. The Hall–Kier alpha value is -1.75. The third-order valence-corrected chi connectivity index (χ3v) is 4.51. The van der Waals surface area contributed by atoms with Crippen molar-refractivity contribution in [3.05, 3.63) is 29.3 Å². The van der Waals surface area contributed by atoms with Crippen molar-refractivity contribution in [2.45, 2.75) is 32.6 Å². The number of aliphatic carboxylic acids is 1. The van der Waals surface area contributed by atoms with E-state index in [1.807, 2.05) is 12.1 Å². The van der Waals surface area contributed by atoms with Crippen LogP contribution in [0.15, 0.2) is 24.3 Å². The number of ether oxygens (including phenoxy) is 1. The molecule has 1 aromatic rings. The average molecular weight is 340 g/mol. The van der Waals surface area contributed by atoms with Crippen LogP contribution >= 0.6 is 11.6 Å². The van der Waals surface area contributed by atoms with E-state index in [2.05, 4.69) is 0 Å². The number of carboxylic acids is 1. The maximum atomic E-state index is 12.2. The summed E-state index contributed by atoms with van der Waals surface area (Å²) in [5.74, 6) is -0.241. The van der Waals surface area contributed by atoms with E-state index in [0.29, 0.717) is 43.2 Å². The van der Waals surface area contributed by atoms with Gasteiger partial charge in [-0.15, -0.1) is 0 Å². The normalized spacial score (nSPS) is 21.0. The topological polar surface area (TPSA) is 66.8 Å². The summed E-state index contributed by atoms with van der Waals surface area (Å²) in [6.07, 6.45) is 2.26. The molecular weight excluding hydrogens is 318 g/mol. The minimum Gasteiger partial charge on any atom is -0.492 e. The second-order valence-electron chi connectivity index (χ2n) is 6.17. The average Bonchev–Trinajstić information content (AvgIpc) is 2.53. The Morgan fingerprint density at radius 1 is 1.39 bits per heavy atom. The van der Waals surface area contributed by atoms with Gasteiger partial charge in [0, 0.05) is 19.5 Å². The molecular formula is C17H22ClNO4. The smallest absolute Gasteiger partial charge is 0.311 e. The predicted molar refractivity (Wildman–Crippen MR) is 87.7 cm³/mol.